The molecule has 1 amide bonds. The standard InChI is InChI=1S/C22H20N2O4S/c1-16-7-13-20(14-8-16)29(27,28)24-19-11-9-17(10-12-19)21(25)15-22(26)23-18-5-3-2-4-6-18/h2-15,24-25H,1H3,(H,23,26). The number of para-hydroxylation sites is 1. The molecule has 0 atom stereocenters. The van der Waals surface area contributed by atoms with Crippen LogP contribution in [0.3, 0.4) is 0 Å². The normalized spacial score (nSPS) is 11.7. The molecule has 0 aliphatic rings. The van der Waals surface area contributed by atoms with Crippen LogP contribution >= 0.6 is 0 Å². The van der Waals surface area contributed by atoms with Crippen LogP contribution in [-0.2, 0) is 14.8 Å². The Labute approximate surface area is 169 Å². The second kappa shape index (κ2) is 8.62. The number of carbonyl (C=O) groups is 1. The highest BCUT2D eigenvalue weighted by atomic mass is 32.2. The summed E-state index contributed by atoms with van der Waals surface area (Å²) in [6, 6.07) is 21.5. The topological polar surface area (TPSA) is 95.5 Å². The maximum absolute atomic E-state index is 12.4. The number of aliphatic hydroxyl groups is 1. The van der Waals surface area contributed by atoms with Crippen LogP contribution in [0.5, 0.6) is 0 Å². The zero-order chi connectivity index (χ0) is 20.9. The van der Waals surface area contributed by atoms with Crippen LogP contribution in [0, 0.1) is 6.92 Å². The average molecular weight is 408 g/mol. The maximum Gasteiger partial charge on any atom is 0.261 e. The molecule has 0 aliphatic heterocycles. The van der Waals surface area contributed by atoms with Crippen LogP contribution in [0.1, 0.15) is 11.1 Å². The Hall–Kier alpha value is -3.58. The SMILES string of the molecule is Cc1ccc(S(=O)(=O)Nc2ccc(C(O)=CC(=O)Nc3ccccc3)cc2)cc1. The molecule has 0 radical (unpaired) electrons. The smallest absolute Gasteiger partial charge is 0.261 e. The van der Waals surface area contributed by atoms with Gasteiger partial charge in [0.05, 0.1) is 4.90 Å². The summed E-state index contributed by atoms with van der Waals surface area (Å²) in [5.41, 5.74) is 2.30. The van der Waals surface area contributed by atoms with Crippen molar-refractivity contribution in [3.63, 3.8) is 0 Å². The van der Waals surface area contributed by atoms with E-state index in [4.69, 9.17) is 0 Å². The van der Waals surface area contributed by atoms with E-state index in [1.807, 2.05) is 13.0 Å². The van der Waals surface area contributed by atoms with E-state index in [2.05, 4.69) is 10.0 Å². The lowest BCUT2D eigenvalue weighted by Crippen LogP contribution is -2.12. The number of hydrogen-bond acceptors (Lipinski definition) is 4. The molecule has 6 nitrogen and oxygen atoms in total. The van der Waals surface area contributed by atoms with Crippen molar-refractivity contribution < 1.29 is 18.3 Å². The van der Waals surface area contributed by atoms with Crippen LogP contribution in [0.2, 0.25) is 0 Å². The van der Waals surface area contributed by atoms with Gasteiger partial charge >= 0.3 is 0 Å². The van der Waals surface area contributed by atoms with Gasteiger partial charge in [-0.3, -0.25) is 9.52 Å². The third-order valence-electron chi connectivity index (χ3n) is 4.07. The molecule has 3 rings (SSSR count). The molecule has 3 aromatic rings. The van der Waals surface area contributed by atoms with E-state index in [9.17, 15) is 18.3 Å². The minimum absolute atomic E-state index is 0.160. The van der Waals surface area contributed by atoms with Gasteiger partial charge in [0.1, 0.15) is 5.76 Å². The van der Waals surface area contributed by atoms with Gasteiger partial charge in [0.2, 0.25) is 0 Å². The second-order valence-corrected chi connectivity index (χ2v) is 8.06. The van der Waals surface area contributed by atoms with Gasteiger partial charge in [-0.05, 0) is 55.5 Å². The molecule has 0 aliphatic carbocycles. The highest BCUT2D eigenvalue weighted by molar-refractivity contribution is 7.92. The van der Waals surface area contributed by atoms with E-state index in [-0.39, 0.29) is 10.7 Å². The Kier molecular flexibility index (Phi) is 5.99. The number of nitrogens with one attached hydrogen (secondary N) is 2. The van der Waals surface area contributed by atoms with Crippen LogP contribution in [0.25, 0.3) is 5.76 Å². The maximum atomic E-state index is 12.4. The van der Waals surface area contributed by atoms with Gasteiger partial charge in [0.15, 0.2) is 0 Å². The highest BCUT2D eigenvalue weighted by Gasteiger charge is 2.14. The van der Waals surface area contributed by atoms with Crippen LogP contribution in [0.15, 0.2) is 89.8 Å². The molecule has 3 aromatic carbocycles. The third kappa shape index (κ3) is 5.46. The third-order valence-corrected chi connectivity index (χ3v) is 5.47. The number of benzene rings is 3. The summed E-state index contributed by atoms with van der Waals surface area (Å²) in [5, 5.41) is 12.8. The Morgan fingerprint density at radius 3 is 2.10 bits per heavy atom. The van der Waals surface area contributed by atoms with Crippen molar-refractivity contribution in [2.24, 2.45) is 0 Å². The first-order chi connectivity index (χ1) is 13.8. The molecule has 0 saturated heterocycles. The number of aryl methyl sites for hydroxylation is 1. The van der Waals surface area contributed by atoms with E-state index in [1.165, 1.54) is 36.4 Å². The van der Waals surface area contributed by atoms with E-state index in [0.717, 1.165) is 11.6 Å². The second-order valence-electron chi connectivity index (χ2n) is 6.38. The summed E-state index contributed by atoms with van der Waals surface area (Å²) in [6.07, 6.45) is 1.07. The number of carbonyl (C=O) groups excluding carboxylic acids is 1. The van der Waals surface area contributed by atoms with Crippen LogP contribution < -0.4 is 10.0 Å². The lowest BCUT2D eigenvalue weighted by atomic mass is 10.1. The molecule has 0 spiro atoms. The Morgan fingerprint density at radius 2 is 1.48 bits per heavy atom. The predicted molar refractivity (Wildman–Crippen MR) is 114 cm³/mol. The summed E-state index contributed by atoms with van der Waals surface area (Å²) in [7, 11) is -3.71. The largest absolute Gasteiger partial charge is 0.507 e. The quantitative estimate of drug-likeness (QED) is 0.418. The summed E-state index contributed by atoms with van der Waals surface area (Å²) < 4.78 is 27.3. The van der Waals surface area contributed by atoms with Crippen molar-refractivity contribution in [3.8, 4) is 0 Å². The Balaban J connectivity index is 1.69. The van der Waals surface area contributed by atoms with Gasteiger partial charge in [-0.25, -0.2) is 8.42 Å². The Bertz CT molecular complexity index is 1120. The molecule has 0 fully saturated rings. The van der Waals surface area contributed by atoms with E-state index >= 15 is 0 Å². The fourth-order valence-electron chi connectivity index (χ4n) is 2.55. The molecule has 0 heterocycles. The fraction of sp³-hybridized carbons (Fsp3) is 0.0455. The number of hydrogen-bond donors (Lipinski definition) is 3. The number of anilines is 2. The number of rotatable bonds is 6. The van der Waals surface area contributed by atoms with Crippen molar-refractivity contribution >= 4 is 33.1 Å². The van der Waals surface area contributed by atoms with E-state index in [0.29, 0.717) is 16.9 Å². The van der Waals surface area contributed by atoms with E-state index < -0.39 is 15.9 Å². The first-order valence-electron chi connectivity index (χ1n) is 8.80. The van der Waals surface area contributed by atoms with Crippen molar-refractivity contribution in [1.29, 1.82) is 0 Å². The number of sulfonamides is 1. The summed E-state index contributed by atoms with van der Waals surface area (Å²) >= 11 is 0. The minimum atomic E-state index is -3.71. The molecule has 0 unspecified atom stereocenters. The predicted octanol–water partition coefficient (Wildman–Crippen LogP) is 4.33. The van der Waals surface area contributed by atoms with Gasteiger partial charge in [-0.2, -0.15) is 0 Å². The fourth-order valence-corrected chi connectivity index (χ4v) is 3.61. The van der Waals surface area contributed by atoms with Crippen LogP contribution in [-0.4, -0.2) is 19.4 Å². The van der Waals surface area contributed by atoms with Gasteiger partial charge in [-0.15, -0.1) is 0 Å². The molecule has 7 heteroatoms. The number of amides is 1. The van der Waals surface area contributed by atoms with Gasteiger partial charge < -0.3 is 10.4 Å². The molecule has 148 valence electrons. The molecule has 0 aromatic heterocycles. The lowest BCUT2D eigenvalue weighted by molar-refractivity contribution is -0.111. The number of aliphatic hydroxyl groups excluding tert-OH is 1. The van der Waals surface area contributed by atoms with Gasteiger partial charge in [-0.1, -0.05) is 35.9 Å². The first-order valence-corrected chi connectivity index (χ1v) is 10.3. The summed E-state index contributed by atoms with van der Waals surface area (Å²) in [6.45, 7) is 1.88. The highest BCUT2D eigenvalue weighted by Crippen LogP contribution is 2.19. The van der Waals surface area contributed by atoms with Crippen molar-refractivity contribution in [2.45, 2.75) is 11.8 Å². The first kappa shape index (κ1) is 20.2. The Morgan fingerprint density at radius 1 is 0.862 bits per heavy atom. The molecule has 0 saturated carbocycles. The van der Waals surface area contributed by atoms with Crippen molar-refractivity contribution in [3.05, 3.63) is 96.1 Å². The zero-order valence-electron chi connectivity index (χ0n) is 15.7. The van der Waals surface area contributed by atoms with Gasteiger partial charge in [0, 0.05) is 23.0 Å². The van der Waals surface area contributed by atoms with Crippen LogP contribution in [0.4, 0.5) is 11.4 Å². The van der Waals surface area contributed by atoms with Crippen molar-refractivity contribution in [2.75, 3.05) is 10.0 Å². The molecular formula is C22H20N2O4S. The van der Waals surface area contributed by atoms with E-state index in [1.54, 1.807) is 36.4 Å². The lowest BCUT2D eigenvalue weighted by Gasteiger charge is -2.09. The monoisotopic (exact) mass is 408 g/mol. The van der Waals surface area contributed by atoms with Gasteiger partial charge in [0.25, 0.3) is 15.9 Å². The summed E-state index contributed by atoms with van der Waals surface area (Å²) in [4.78, 5) is 12.2. The molecule has 3 N–H and O–H groups in total. The minimum Gasteiger partial charge on any atom is -0.507 e. The summed E-state index contributed by atoms with van der Waals surface area (Å²) in [5.74, 6) is -0.704. The zero-order valence-corrected chi connectivity index (χ0v) is 16.5. The van der Waals surface area contributed by atoms with Crippen molar-refractivity contribution in [1.82, 2.24) is 0 Å². The molecular weight excluding hydrogens is 388 g/mol. The average Bonchev–Trinajstić information content (AvgIpc) is 2.69. The molecule has 0 bridgehead atoms. The molecule has 29 heavy (non-hydrogen) atoms.